The Kier molecular flexibility index (Phi) is 9.50. The first-order valence-electron chi connectivity index (χ1n) is 12.5. The van der Waals surface area contributed by atoms with Crippen LogP contribution in [-0.4, -0.2) is 35.7 Å². The van der Waals surface area contributed by atoms with Gasteiger partial charge >= 0.3 is 5.97 Å². The fourth-order valence-electron chi connectivity index (χ4n) is 3.77. The molecule has 0 fully saturated rings. The van der Waals surface area contributed by atoms with E-state index >= 15 is 0 Å². The van der Waals surface area contributed by atoms with Crippen molar-refractivity contribution in [3.8, 4) is 11.5 Å². The predicted octanol–water partition coefficient (Wildman–Crippen LogP) is 7.36. The first kappa shape index (κ1) is 29.2. The number of aliphatic hydroxyl groups is 1. The normalized spacial score (nSPS) is 15.0. The molecule has 0 radical (unpaired) electrons. The molecule has 0 saturated carbocycles. The number of carbonyl (C=O) groups excluding carboxylic acids is 2. The molecule has 3 aromatic rings. The van der Waals surface area contributed by atoms with Gasteiger partial charge in [0, 0.05) is 10.0 Å². The topological polar surface area (TPSA) is 94.4 Å². The van der Waals surface area contributed by atoms with Gasteiger partial charge < -0.3 is 19.3 Å². The van der Waals surface area contributed by atoms with Crippen LogP contribution in [0.2, 0.25) is 0 Å². The summed E-state index contributed by atoms with van der Waals surface area (Å²) in [6.45, 7) is 6.07. The summed E-state index contributed by atoms with van der Waals surface area (Å²) in [6, 6.07) is 18.5. The third-order valence-corrected chi connectivity index (χ3v) is 7.66. The summed E-state index contributed by atoms with van der Waals surface area (Å²) in [6.07, 6.45) is 1.68. The van der Waals surface area contributed by atoms with Crippen LogP contribution in [0.3, 0.4) is 0 Å². The molecule has 9 heteroatoms. The number of thioether (sulfide) groups is 1. The van der Waals surface area contributed by atoms with Crippen molar-refractivity contribution in [1.82, 2.24) is 0 Å². The summed E-state index contributed by atoms with van der Waals surface area (Å²) in [5.74, 6) is -0.583. The second kappa shape index (κ2) is 13.0. The van der Waals surface area contributed by atoms with Crippen molar-refractivity contribution in [2.75, 3.05) is 13.7 Å². The number of halogens is 1. The zero-order chi connectivity index (χ0) is 28.8. The van der Waals surface area contributed by atoms with E-state index in [0.717, 1.165) is 22.9 Å². The fraction of sp³-hybridized carbons (Fsp3) is 0.194. The van der Waals surface area contributed by atoms with E-state index in [0.29, 0.717) is 38.6 Å². The molecule has 1 N–H and O–H groups in total. The van der Waals surface area contributed by atoms with Crippen LogP contribution in [0.4, 0.5) is 0 Å². The lowest BCUT2D eigenvalue weighted by Crippen LogP contribution is -2.14. The van der Waals surface area contributed by atoms with Gasteiger partial charge in [0.25, 0.3) is 5.91 Å². The van der Waals surface area contributed by atoms with Crippen LogP contribution in [0.5, 0.6) is 11.5 Å². The average Bonchev–Trinajstić information content (AvgIpc) is 3.24. The third kappa shape index (κ3) is 6.84. The highest BCUT2D eigenvalue weighted by Gasteiger charge is 2.34. The summed E-state index contributed by atoms with van der Waals surface area (Å²) in [5, 5.41) is 11.1. The Hall–Kier alpha value is -3.82. The van der Waals surface area contributed by atoms with Gasteiger partial charge in [0.2, 0.25) is 0 Å². The molecular weight excluding hydrogens is 594 g/mol. The summed E-state index contributed by atoms with van der Waals surface area (Å²) in [4.78, 5) is 30.1. The van der Waals surface area contributed by atoms with Gasteiger partial charge in [-0.2, -0.15) is 0 Å². The number of esters is 1. The molecule has 0 aliphatic carbocycles. The molecule has 206 valence electrons. The lowest BCUT2D eigenvalue weighted by atomic mass is 10.1. The van der Waals surface area contributed by atoms with Gasteiger partial charge in [0.05, 0.1) is 18.6 Å². The first-order valence-corrected chi connectivity index (χ1v) is 14.1. The van der Waals surface area contributed by atoms with Crippen molar-refractivity contribution in [2.45, 2.75) is 27.4 Å². The predicted molar refractivity (Wildman–Crippen MR) is 161 cm³/mol. The number of benzene rings is 3. The molecular formula is C31H28BrNO6S. The maximum absolute atomic E-state index is 12.9. The molecule has 3 aromatic carbocycles. The number of amides is 1. The Morgan fingerprint density at radius 1 is 1.00 bits per heavy atom. The van der Waals surface area contributed by atoms with E-state index in [1.54, 1.807) is 56.5 Å². The van der Waals surface area contributed by atoms with Gasteiger partial charge in [-0.15, -0.1) is 0 Å². The molecule has 7 nitrogen and oxygen atoms in total. The van der Waals surface area contributed by atoms with Gasteiger partial charge in [-0.05, 0) is 62.2 Å². The largest absolute Gasteiger partial charge is 0.506 e. The van der Waals surface area contributed by atoms with Crippen molar-refractivity contribution >= 4 is 50.7 Å². The second-order valence-electron chi connectivity index (χ2n) is 8.94. The number of aryl methyl sites for hydroxylation is 2. The summed E-state index contributed by atoms with van der Waals surface area (Å²) < 4.78 is 17.4. The fourth-order valence-corrected chi connectivity index (χ4v) is 5.21. The van der Waals surface area contributed by atoms with Crippen LogP contribution in [0.15, 0.2) is 86.4 Å². The van der Waals surface area contributed by atoms with Gasteiger partial charge in [0.15, 0.2) is 11.5 Å². The first-order chi connectivity index (χ1) is 19.2. The van der Waals surface area contributed by atoms with E-state index in [2.05, 4.69) is 20.9 Å². The summed E-state index contributed by atoms with van der Waals surface area (Å²) >= 11 is 4.58. The van der Waals surface area contributed by atoms with E-state index in [-0.39, 0.29) is 23.0 Å². The smallest absolute Gasteiger partial charge is 0.344 e. The van der Waals surface area contributed by atoms with Crippen molar-refractivity contribution in [3.05, 3.63) is 109 Å². The number of aliphatic hydroxyl groups excluding tert-OH is 1. The minimum atomic E-state index is -0.761. The molecule has 0 bridgehead atoms. The number of hydrogen-bond donors (Lipinski definition) is 1. The summed E-state index contributed by atoms with van der Waals surface area (Å²) in [5.41, 5.74) is 4.06. The molecule has 1 heterocycles. The molecule has 0 atom stereocenters. The molecule has 0 aromatic heterocycles. The number of aliphatic imine (C=N–C) groups is 1. The molecule has 4 rings (SSSR count). The van der Waals surface area contributed by atoms with Gasteiger partial charge in [0.1, 0.15) is 23.0 Å². The van der Waals surface area contributed by atoms with Crippen LogP contribution >= 0.6 is 27.7 Å². The minimum Gasteiger partial charge on any atom is -0.506 e. The Labute approximate surface area is 245 Å². The van der Waals surface area contributed by atoms with Gasteiger partial charge in [-0.3, -0.25) is 4.79 Å². The second-order valence-corrected chi connectivity index (χ2v) is 10.8. The highest BCUT2D eigenvalue weighted by molar-refractivity contribution is 9.10. The van der Waals surface area contributed by atoms with Crippen LogP contribution in [0.1, 0.15) is 39.5 Å². The molecule has 0 unspecified atom stereocenters. The molecule has 0 spiro atoms. The van der Waals surface area contributed by atoms with Crippen molar-refractivity contribution in [3.63, 3.8) is 0 Å². The molecule has 1 aliphatic heterocycles. The van der Waals surface area contributed by atoms with Crippen LogP contribution in [0.25, 0.3) is 6.08 Å². The van der Waals surface area contributed by atoms with E-state index in [9.17, 15) is 14.7 Å². The highest BCUT2D eigenvalue weighted by atomic mass is 79.9. The Balaban J connectivity index is 1.65. The Morgan fingerprint density at radius 3 is 2.27 bits per heavy atom. The standard InChI is InChI=1S/C31H28BrNO6S/c1-5-38-31(36)27-28(34)26(40-30(27)33-29(35)21-12-8-19(3)9-13-21)15-22-14-24(37-4)25(16-23(22)32)39-17-20-10-6-18(2)7-11-20/h6-16,34H,5,17H2,1-4H3/b26-15-,33-30?. The third-order valence-electron chi connectivity index (χ3n) is 5.96. The van der Waals surface area contributed by atoms with E-state index in [1.165, 1.54) is 5.56 Å². The molecule has 1 aliphatic rings. The Morgan fingerprint density at radius 2 is 1.65 bits per heavy atom. The van der Waals surface area contributed by atoms with Gasteiger partial charge in [-0.25, -0.2) is 9.79 Å². The number of ether oxygens (including phenoxy) is 3. The number of rotatable bonds is 8. The maximum atomic E-state index is 12.9. The lowest BCUT2D eigenvalue weighted by molar-refractivity contribution is -0.138. The monoisotopic (exact) mass is 621 g/mol. The van der Waals surface area contributed by atoms with E-state index < -0.39 is 11.9 Å². The van der Waals surface area contributed by atoms with Gasteiger partial charge in [-0.1, -0.05) is 75.2 Å². The van der Waals surface area contributed by atoms with Crippen molar-refractivity contribution in [1.29, 1.82) is 0 Å². The van der Waals surface area contributed by atoms with E-state index in [1.807, 2.05) is 38.1 Å². The Bertz CT molecular complexity index is 1520. The van der Waals surface area contributed by atoms with Crippen LogP contribution < -0.4 is 9.47 Å². The number of hydrogen-bond acceptors (Lipinski definition) is 7. The zero-order valence-electron chi connectivity index (χ0n) is 22.5. The average molecular weight is 623 g/mol. The SMILES string of the molecule is CCOC(=O)C1=C(O)/C(=C/c2cc(OC)c(OCc3ccc(C)cc3)cc2Br)SC1=NC(=O)c1ccc(C)cc1. The zero-order valence-corrected chi connectivity index (χ0v) is 24.9. The molecule has 0 saturated heterocycles. The van der Waals surface area contributed by atoms with Crippen LogP contribution in [-0.2, 0) is 16.1 Å². The minimum absolute atomic E-state index is 0.0638. The number of methoxy groups -OCH3 is 1. The highest BCUT2D eigenvalue weighted by Crippen LogP contribution is 2.42. The molecule has 1 amide bonds. The lowest BCUT2D eigenvalue weighted by Gasteiger charge is -2.13. The van der Waals surface area contributed by atoms with Crippen LogP contribution in [0, 0.1) is 13.8 Å². The molecule has 40 heavy (non-hydrogen) atoms. The van der Waals surface area contributed by atoms with Crippen molar-refractivity contribution < 1.29 is 28.9 Å². The quantitative estimate of drug-likeness (QED) is 0.263. The number of carbonyl (C=O) groups is 2. The summed E-state index contributed by atoms with van der Waals surface area (Å²) in [7, 11) is 1.54. The van der Waals surface area contributed by atoms with Crippen molar-refractivity contribution in [2.24, 2.45) is 4.99 Å². The number of nitrogens with zero attached hydrogens (tertiary/aromatic N) is 1. The maximum Gasteiger partial charge on any atom is 0.344 e. The van der Waals surface area contributed by atoms with E-state index in [4.69, 9.17) is 14.2 Å².